The number of aromatic nitrogens is 2. The van der Waals surface area contributed by atoms with Crippen molar-refractivity contribution in [1.82, 2.24) is 9.78 Å². The molecule has 184 valence electrons. The smallest absolute Gasteiger partial charge is 0.157 e. The van der Waals surface area contributed by atoms with Crippen LogP contribution in [0.1, 0.15) is 78.6 Å². The molecule has 0 saturated heterocycles. The van der Waals surface area contributed by atoms with E-state index in [0.29, 0.717) is 34.6 Å². The lowest BCUT2D eigenvalue weighted by Crippen LogP contribution is -2.55. The molecule has 4 aliphatic carbocycles. The second kappa shape index (κ2) is 7.80. The highest BCUT2D eigenvalue weighted by Gasteiger charge is 2.61. The summed E-state index contributed by atoms with van der Waals surface area (Å²) < 4.78 is 1.83. The monoisotopic (exact) mass is 482 g/mol. The molecule has 0 bridgehead atoms. The predicted octanol–water partition coefficient (Wildman–Crippen LogP) is 6.67. The number of nitrogens with zero attached hydrogens (tertiary/aromatic N) is 2. The van der Waals surface area contributed by atoms with Gasteiger partial charge in [0.1, 0.15) is 0 Å². The zero-order valence-corrected chi connectivity index (χ0v) is 21.7. The van der Waals surface area contributed by atoms with E-state index >= 15 is 0 Å². The van der Waals surface area contributed by atoms with Crippen LogP contribution in [0.25, 0.3) is 10.9 Å². The van der Waals surface area contributed by atoms with E-state index in [0.717, 1.165) is 48.4 Å². The highest BCUT2D eigenvalue weighted by molar-refractivity contribution is 6.31. The summed E-state index contributed by atoms with van der Waals surface area (Å²) in [5, 5.41) is 17.1. The van der Waals surface area contributed by atoms with E-state index in [2.05, 4.69) is 18.9 Å². The van der Waals surface area contributed by atoms with Crippen molar-refractivity contribution in [3.8, 4) is 0 Å². The van der Waals surface area contributed by atoms with Crippen LogP contribution < -0.4 is 0 Å². The summed E-state index contributed by atoms with van der Waals surface area (Å²) in [4.78, 5) is 13.6. The van der Waals surface area contributed by atoms with E-state index in [-0.39, 0.29) is 11.3 Å². The Kier molecular flexibility index (Phi) is 5.29. The molecule has 0 unspecified atom stereocenters. The number of fused-ring (bicyclic) bond motifs is 6. The maximum absolute atomic E-state index is 13.6. The quantitative estimate of drug-likeness (QED) is 0.531. The molecule has 1 N–H and O–H groups in total. The van der Waals surface area contributed by atoms with Crippen molar-refractivity contribution < 1.29 is 9.90 Å². The van der Waals surface area contributed by atoms with Crippen LogP contribution in [0.2, 0.25) is 5.02 Å². The maximum atomic E-state index is 13.6. The van der Waals surface area contributed by atoms with Crippen molar-refractivity contribution >= 4 is 28.3 Å². The number of aliphatic hydroxyl groups is 1. The van der Waals surface area contributed by atoms with Crippen LogP contribution in [-0.4, -0.2) is 26.3 Å². The molecular formula is C29H39ClN2O2. The van der Waals surface area contributed by atoms with Crippen LogP contribution in [0.4, 0.5) is 0 Å². The minimum absolute atomic E-state index is 0.123. The molecule has 1 aromatic carbocycles. The maximum Gasteiger partial charge on any atom is 0.157 e. The van der Waals surface area contributed by atoms with Gasteiger partial charge in [-0.15, -0.1) is 0 Å². The fourth-order valence-corrected chi connectivity index (χ4v) is 9.52. The van der Waals surface area contributed by atoms with Crippen molar-refractivity contribution in [2.75, 3.05) is 0 Å². The van der Waals surface area contributed by atoms with Gasteiger partial charge in [-0.05, 0) is 117 Å². The second-order valence-corrected chi connectivity index (χ2v) is 13.5. The minimum atomic E-state index is -0.478. The normalized spacial score (nSPS) is 43.9. The third-order valence-electron chi connectivity index (χ3n) is 11.2. The molecule has 1 heterocycles. The molecule has 4 nitrogen and oxygen atoms in total. The molecule has 4 saturated carbocycles. The molecule has 0 radical (unpaired) electrons. The van der Waals surface area contributed by atoms with Crippen molar-refractivity contribution in [2.24, 2.45) is 40.4 Å². The zero-order valence-electron chi connectivity index (χ0n) is 20.9. The lowest BCUT2D eigenvalue weighted by Gasteiger charge is -2.61. The predicted molar refractivity (Wildman–Crippen MR) is 136 cm³/mol. The highest BCUT2D eigenvalue weighted by atomic mass is 35.5. The van der Waals surface area contributed by atoms with Crippen LogP contribution in [-0.2, 0) is 11.3 Å². The molecule has 0 spiro atoms. The lowest BCUT2D eigenvalue weighted by molar-refractivity contribution is -0.151. The van der Waals surface area contributed by atoms with Gasteiger partial charge < -0.3 is 5.11 Å². The highest BCUT2D eigenvalue weighted by Crippen LogP contribution is 2.68. The van der Waals surface area contributed by atoms with E-state index in [1.54, 1.807) is 0 Å². The molecule has 0 aliphatic heterocycles. The molecule has 0 amide bonds. The van der Waals surface area contributed by atoms with E-state index < -0.39 is 5.60 Å². The van der Waals surface area contributed by atoms with Gasteiger partial charge in [-0.2, -0.15) is 5.10 Å². The fourth-order valence-electron chi connectivity index (χ4n) is 9.35. The minimum Gasteiger partial charge on any atom is -0.390 e. The van der Waals surface area contributed by atoms with Gasteiger partial charge in [0.05, 0.1) is 17.7 Å². The van der Waals surface area contributed by atoms with Crippen LogP contribution in [0.15, 0.2) is 24.4 Å². The molecular weight excluding hydrogens is 444 g/mol. The van der Waals surface area contributed by atoms with Gasteiger partial charge in [-0.3, -0.25) is 9.48 Å². The number of hydrogen-bond donors (Lipinski definition) is 1. The Balaban J connectivity index is 1.20. The molecule has 4 aliphatic rings. The molecule has 2 aromatic rings. The first-order valence-electron chi connectivity index (χ1n) is 13.5. The van der Waals surface area contributed by atoms with Crippen LogP contribution in [0, 0.1) is 40.4 Å². The van der Waals surface area contributed by atoms with E-state index in [9.17, 15) is 9.90 Å². The Labute approximate surface area is 208 Å². The number of carbonyl (C=O) groups excluding carboxylic acids is 1. The van der Waals surface area contributed by atoms with Gasteiger partial charge in [0.15, 0.2) is 5.78 Å². The molecule has 4 fully saturated rings. The summed E-state index contributed by atoms with van der Waals surface area (Å²) in [6.07, 6.45) is 12.2. The lowest BCUT2D eigenvalue weighted by atomic mass is 9.44. The van der Waals surface area contributed by atoms with Gasteiger partial charge >= 0.3 is 0 Å². The second-order valence-electron chi connectivity index (χ2n) is 13.0. The van der Waals surface area contributed by atoms with Crippen molar-refractivity contribution in [3.05, 3.63) is 29.4 Å². The van der Waals surface area contributed by atoms with Crippen LogP contribution in [0.3, 0.4) is 0 Å². The van der Waals surface area contributed by atoms with Crippen LogP contribution >= 0.6 is 11.6 Å². The van der Waals surface area contributed by atoms with Crippen molar-refractivity contribution in [2.45, 2.75) is 90.7 Å². The average Bonchev–Trinajstić information content (AvgIpc) is 3.33. The Bertz CT molecular complexity index is 1120. The Morgan fingerprint density at radius 2 is 1.85 bits per heavy atom. The Morgan fingerprint density at radius 1 is 1.06 bits per heavy atom. The summed E-state index contributed by atoms with van der Waals surface area (Å²) in [5.74, 6) is 3.33. The van der Waals surface area contributed by atoms with Gasteiger partial charge in [0.25, 0.3) is 0 Å². The number of carbonyl (C=O) groups is 1. The molecule has 34 heavy (non-hydrogen) atoms. The summed E-state index contributed by atoms with van der Waals surface area (Å²) in [5.41, 5.74) is 0.865. The van der Waals surface area contributed by atoms with E-state index in [1.165, 1.54) is 32.1 Å². The first-order chi connectivity index (χ1) is 16.1. The number of ketones is 1. The number of hydrogen-bond acceptors (Lipinski definition) is 3. The zero-order chi connectivity index (χ0) is 23.9. The number of Topliss-reactive ketones (excluding diaryl/α,β-unsaturated/α-hetero) is 1. The summed E-state index contributed by atoms with van der Waals surface area (Å²) in [6, 6.07) is 5.72. The fraction of sp³-hybridized carbons (Fsp3) is 0.724. The topological polar surface area (TPSA) is 55.1 Å². The first-order valence-corrected chi connectivity index (χ1v) is 13.8. The van der Waals surface area contributed by atoms with Crippen LogP contribution in [0.5, 0.6) is 0 Å². The summed E-state index contributed by atoms with van der Waals surface area (Å²) in [6.45, 7) is 7.38. The van der Waals surface area contributed by atoms with Crippen molar-refractivity contribution in [3.63, 3.8) is 0 Å². The standard InChI is InChI=1S/C29H39ClN2O2/c1-27(34)12-13-28(2)19(15-27)5-7-21-22-8-9-24(29(22,3)11-10-23(21)28)26(33)17-32-16-18-4-6-20(30)14-25(18)31-32/h4,6,14,16,19,21-24,34H,5,7-13,15,17H2,1-3H3/t19-,21+,22+,23+,24-,27-,28+,29+/m1/s1. The third-order valence-corrected chi connectivity index (χ3v) is 11.4. The largest absolute Gasteiger partial charge is 0.390 e. The molecule has 1 aromatic heterocycles. The first kappa shape index (κ1) is 23.0. The molecule has 8 atom stereocenters. The molecule has 6 rings (SSSR count). The SMILES string of the molecule is C[C@@]1(O)CC[C@@]2(C)[C@H](CC[C@@H]3[C@@H]2CC[C@]2(C)[C@@H](C(=O)Cn4cc5ccc(Cl)cc5n4)CC[C@@H]32)C1. The Morgan fingerprint density at radius 3 is 2.68 bits per heavy atom. The van der Waals surface area contributed by atoms with Gasteiger partial charge in [0.2, 0.25) is 0 Å². The van der Waals surface area contributed by atoms with Gasteiger partial charge in [-0.1, -0.05) is 25.4 Å². The number of benzene rings is 1. The molecule has 5 heteroatoms. The Hall–Kier alpha value is -1.39. The summed E-state index contributed by atoms with van der Waals surface area (Å²) in [7, 11) is 0. The average molecular weight is 483 g/mol. The number of rotatable bonds is 3. The number of halogens is 1. The van der Waals surface area contributed by atoms with E-state index in [4.69, 9.17) is 11.6 Å². The van der Waals surface area contributed by atoms with E-state index in [1.807, 2.05) is 36.0 Å². The van der Waals surface area contributed by atoms with Crippen molar-refractivity contribution in [1.29, 1.82) is 0 Å². The summed E-state index contributed by atoms with van der Waals surface area (Å²) >= 11 is 6.13. The van der Waals surface area contributed by atoms with Gasteiger partial charge in [0, 0.05) is 22.5 Å². The van der Waals surface area contributed by atoms with Gasteiger partial charge in [-0.25, -0.2) is 0 Å². The third kappa shape index (κ3) is 3.50.